The molecule has 25 heavy (non-hydrogen) atoms. The van der Waals surface area contributed by atoms with Crippen LogP contribution in [0.2, 0.25) is 0 Å². The van der Waals surface area contributed by atoms with E-state index in [9.17, 15) is 0 Å². The third-order valence-electron chi connectivity index (χ3n) is 5.18. The minimum absolute atomic E-state index is 0.397. The molecule has 2 aliphatic carbocycles. The van der Waals surface area contributed by atoms with Crippen LogP contribution in [0.1, 0.15) is 48.6 Å². The molecule has 0 aliphatic heterocycles. The van der Waals surface area contributed by atoms with Crippen LogP contribution in [0.5, 0.6) is 11.5 Å². The summed E-state index contributed by atoms with van der Waals surface area (Å²) in [7, 11) is 0. The summed E-state index contributed by atoms with van der Waals surface area (Å²) < 4.78 is 6.13. The van der Waals surface area contributed by atoms with Gasteiger partial charge in [-0.25, -0.2) is 0 Å². The van der Waals surface area contributed by atoms with Crippen molar-refractivity contribution in [3.8, 4) is 11.5 Å². The van der Waals surface area contributed by atoms with E-state index in [2.05, 4.69) is 36.4 Å². The molecule has 0 radical (unpaired) electrons. The third-order valence-corrected chi connectivity index (χ3v) is 5.18. The van der Waals surface area contributed by atoms with E-state index in [1.807, 2.05) is 24.3 Å². The van der Waals surface area contributed by atoms with Gasteiger partial charge in [-0.15, -0.1) is 0 Å². The minimum Gasteiger partial charge on any atom is -0.457 e. The first-order valence-electron chi connectivity index (χ1n) is 9.01. The summed E-state index contributed by atoms with van der Waals surface area (Å²) in [5.74, 6) is 2.44. The first-order valence-corrected chi connectivity index (χ1v) is 9.01. The van der Waals surface area contributed by atoms with Crippen LogP contribution in [0.15, 0.2) is 60.7 Å². The van der Waals surface area contributed by atoms with Crippen molar-refractivity contribution in [2.45, 2.75) is 37.5 Å². The maximum atomic E-state index is 6.18. The molecule has 3 heteroatoms. The predicted octanol–water partition coefficient (Wildman–Crippen LogP) is 5.51. The van der Waals surface area contributed by atoms with Crippen molar-refractivity contribution in [2.75, 3.05) is 11.5 Å². The summed E-state index contributed by atoms with van der Waals surface area (Å²) in [6.07, 6.45) is 13.4. The normalized spacial score (nSPS) is 21.8. The van der Waals surface area contributed by atoms with Crippen LogP contribution in [0.25, 0.3) is 0 Å². The molecule has 3 nitrogen and oxygen atoms in total. The first kappa shape index (κ1) is 15.8. The zero-order valence-corrected chi connectivity index (χ0v) is 14.3. The molecule has 2 aliphatic rings. The van der Waals surface area contributed by atoms with Gasteiger partial charge in [0, 0.05) is 23.2 Å². The molecule has 2 atom stereocenters. The number of anilines is 2. The van der Waals surface area contributed by atoms with Gasteiger partial charge in [0.05, 0.1) is 0 Å². The van der Waals surface area contributed by atoms with Crippen LogP contribution >= 0.6 is 0 Å². The molecular weight excluding hydrogens is 308 g/mol. The van der Waals surface area contributed by atoms with E-state index in [0.29, 0.717) is 11.8 Å². The number of benzene rings is 2. The van der Waals surface area contributed by atoms with Gasteiger partial charge in [-0.2, -0.15) is 0 Å². The standard InChI is InChI=1S/C22H24N2O/c23-21-11-9-17(13-19(21)15-5-1-2-6-15)25-18-10-12-22(24)20(14-18)16-7-3-4-8-16/h1,3,5,7,9-16H,2,4,6,8,23-24H2. The lowest BCUT2D eigenvalue weighted by Gasteiger charge is -2.16. The Bertz CT molecular complexity index is 768. The Morgan fingerprint density at radius 3 is 1.60 bits per heavy atom. The Kier molecular flexibility index (Phi) is 4.22. The fraction of sp³-hybridized carbons (Fsp3) is 0.273. The summed E-state index contributed by atoms with van der Waals surface area (Å²) >= 11 is 0. The van der Waals surface area contributed by atoms with Gasteiger partial charge < -0.3 is 16.2 Å². The van der Waals surface area contributed by atoms with E-state index in [-0.39, 0.29) is 0 Å². The number of nitrogens with two attached hydrogens (primary N) is 2. The minimum atomic E-state index is 0.397. The molecule has 0 spiro atoms. The lowest BCUT2D eigenvalue weighted by molar-refractivity contribution is 0.480. The van der Waals surface area contributed by atoms with Crippen LogP contribution in [0.3, 0.4) is 0 Å². The number of ether oxygens (including phenoxy) is 1. The Morgan fingerprint density at radius 1 is 0.720 bits per heavy atom. The molecule has 128 valence electrons. The summed E-state index contributed by atoms with van der Waals surface area (Å²) in [6.45, 7) is 0. The van der Waals surface area contributed by atoms with Gasteiger partial charge in [0.25, 0.3) is 0 Å². The van der Waals surface area contributed by atoms with Crippen LogP contribution in [0, 0.1) is 0 Å². The highest BCUT2D eigenvalue weighted by Gasteiger charge is 2.17. The fourth-order valence-electron chi connectivity index (χ4n) is 3.79. The van der Waals surface area contributed by atoms with Gasteiger partial charge >= 0.3 is 0 Å². The van der Waals surface area contributed by atoms with Crippen molar-refractivity contribution in [1.29, 1.82) is 0 Å². The van der Waals surface area contributed by atoms with Gasteiger partial charge in [0.1, 0.15) is 11.5 Å². The Hall–Kier alpha value is -2.68. The molecule has 0 saturated heterocycles. The molecule has 0 bridgehead atoms. The van der Waals surface area contributed by atoms with E-state index in [0.717, 1.165) is 59.7 Å². The Balaban J connectivity index is 1.60. The van der Waals surface area contributed by atoms with Crippen LogP contribution in [-0.4, -0.2) is 0 Å². The number of rotatable bonds is 4. The molecule has 4 rings (SSSR count). The van der Waals surface area contributed by atoms with Crippen molar-refractivity contribution in [3.63, 3.8) is 0 Å². The predicted molar refractivity (Wildman–Crippen MR) is 104 cm³/mol. The van der Waals surface area contributed by atoms with Crippen molar-refractivity contribution >= 4 is 11.4 Å². The summed E-state index contributed by atoms with van der Waals surface area (Å²) in [5, 5.41) is 0. The molecule has 2 unspecified atom stereocenters. The molecule has 0 fully saturated rings. The zero-order valence-electron chi connectivity index (χ0n) is 14.3. The lowest BCUT2D eigenvalue weighted by atomic mass is 9.96. The topological polar surface area (TPSA) is 61.3 Å². The van der Waals surface area contributed by atoms with Crippen LogP contribution in [-0.2, 0) is 0 Å². The average Bonchev–Trinajstić information content (AvgIpc) is 3.31. The maximum absolute atomic E-state index is 6.18. The van der Waals surface area contributed by atoms with E-state index in [1.165, 1.54) is 0 Å². The Labute approximate surface area is 149 Å². The van der Waals surface area contributed by atoms with E-state index < -0.39 is 0 Å². The number of nitrogen functional groups attached to an aromatic ring is 2. The molecule has 0 aromatic heterocycles. The van der Waals surface area contributed by atoms with Gasteiger partial charge in [-0.1, -0.05) is 24.3 Å². The van der Waals surface area contributed by atoms with Crippen molar-refractivity contribution in [1.82, 2.24) is 0 Å². The summed E-state index contributed by atoms with van der Waals surface area (Å²) in [6, 6.07) is 11.9. The Morgan fingerprint density at radius 2 is 1.20 bits per heavy atom. The van der Waals surface area contributed by atoms with E-state index in [1.54, 1.807) is 0 Å². The molecule has 2 aromatic carbocycles. The second-order valence-corrected chi connectivity index (χ2v) is 6.91. The highest BCUT2D eigenvalue weighted by atomic mass is 16.5. The van der Waals surface area contributed by atoms with Crippen LogP contribution < -0.4 is 16.2 Å². The largest absolute Gasteiger partial charge is 0.457 e. The van der Waals surface area contributed by atoms with Crippen molar-refractivity contribution in [2.24, 2.45) is 0 Å². The molecular formula is C22H24N2O. The SMILES string of the molecule is Nc1ccc(Oc2ccc(N)c(C3C=CCC3)c2)cc1C1C=CCC1. The fourth-order valence-corrected chi connectivity index (χ4v) is 3.79. The second kappa shape index (κ2) is 6.67. The van der Waals surface area contributed by atoms with E-state index in [4.69, 9.17) is 16.2 Å². The quantitative estimate of drug-likeness (QED) is 0.573. The molecule has 4 N–H and O–H groups in total. The van der Waals surface area contributed by atoms with Crippen LogP contribution in [0.4, 0.5) is 11.4 Å². The molecule has 0 saturated carbocycles. The highest BCUT2D eigenvalue weighted by Crippen LogP contribution is 2.37. The highest BCUT2D eigenvalue weighted by molar-refractivity contribution is 5.56. The zero-order chi connectivity index (χ0) is 17.2. The molecule has 0 heterocycles. The number of allylic oxidation sites excluding steroid dienone is 4. The monoisotopic (exact) mass is 332 g/mol. The van der Waals surface area contributed by atoms with E-state index >= 15 is 0 Å². The summed E-state index contributed by atoms with van der Waals surface area (Å²) in [4.78, 5) is 0. The third kappa shape index (κ3) is 3.27. The lowest BCUT2D eigenvalue weighted by Crippen LogP contribution is -2.00. The van der Waals surface area contributed by atoms with Gasteiger partial charge in [-0.3, -0.25) is 0 Å². The maximum Gasteiger partial charge on any atom is 0.127 e. The van der Waals surface area contributed by atoms with Gasteiger partial charge in [-0.05, 0) is 73.2 Å². The smallest absolute Gasteiger partial charge is 0.127 e. The first-order chi connectivity index (χ1) is 12.2. The van der Waals surface area contributed by atoms with Crippen molar-refractivity contribution in [3.05, 3.63) is 71.8 Å². The molecule has 2 aromatic rings. The second-order valence-electron chi connectivity index (χ2n) is 6.91. The molecule has 0 amide bonds. The number of hydrogen-bond acceptors (Lipinski definition) is 3. The van der Waals surface area contributed by atoms with Gasteiger partial charge in [0.2, 0.25) is 0 Å². The van der Waals surface area contributed by atoms with Crippen molar-refractivity contribution < 1.29 is 4.74 Å². The average molecular weight is 332 g/mol. The summed E-state index contributed by atoms with van der Waals surface area (Å²) in [5.41, 5.74) is 16.3. The van der Waals surface area contributed by atoms with Gasteiger partial charge in [0.15, 0.2) is 0 Å². The number of hydrogen-bond donors (Lipinski definition) is 2.